The van der Waals surface area contributed by atoms with Gasteiger partial charge in [-0.05, 0) is 67.1 Å². The molecule has 2 aliphatic rings. The molecule has 0 unspecified atom stereocenters. The van der Waals surface area contributed by atoms with Gasteiger partial charge in [0.05, 0.1) is 5.69 Å². The highest BCUT2D eigenvalue weighted by molar-refractivity contribution is 6.43. The SMILES string of the molecule is Cc1cccc(NC(=O)C(=O)Nc2cc3c4c(c2)CCN4C(=O)CC3)c1C. The molecule has 2 heterocycles. The highest BCUT2D eigenvalue weighted by Crippen LogP contribution is 2.38. The molecule has 6 nitrogen and oxygen atoms in total. The van der Waals surface area contributed by atoms with E-state index in [2.05, 4.69) is 10.6 Å². The van der Waals surface area contributed by atoms with Crippen molar-refractivity contribution in [2.45, 2.75) is 33.1 Å². The van der Waals surface area contributed by atoms with Crippen molar-refractivity contribution >= 4 is 34.8 Å². The molecule has 6 heteroatoms. The summed E-state index contributed by atoms with van der Waals surface area (Å²) in [4.78, 5) is 38.5. The average molecular weight is 363 g/mol. The van der Waals surface area contributed by atoms with Crippen LogP contribution in [-0.4, -0.2) is 24.3 Å². The second-order valence-corrected chi connectivity index (χ2v) is 7.09. The third-order valence-corrected chi connectivity index (χ3v) is 5.37. The van der Waals surface area contributed by atoms with Gasteiger partial charge in [-0.25, -0.2) is 0 Å². The smallest absolute Gasteiger partial charge is 0.314 e. The summed E-state index contributed by atoms with van der Waals surface area (Å²) in [6, 6.07) is 9.30. The number of nitrogens with one attached hydrogen (secondary N) is 2. The monoisotopic (exact) mass is 363 g/mol. The minimum absolute atomic E-state index is 0.158. The first-order valence-corrected chi connectivity index (χ1v) is 9.09. The van der Waals surface area contributed by atoms with E-state index in [0.717, 1.165) is 34.4 Å². The summed E-state index contributed by atoms with van der Waals surface area (Å²) in [6.45, 7) is 4.54. The zero-order valence-electron chi connectivity index (χ0n) is 15.4. The fourth-order valence-corrected chi connectivity index (χ4v) is 3.78. The van der Waals surface area contributed by atoms with E-state index in [1.165, 1.54) is 0 Å². The van der Waals surface area contributed by atoms with E-state index < -0.39 is 11.8 Å². The van der Waals surface area contributed by atoms with Gasteiger partial charge in [0, 0.05) is 24.3 Å². The van der Waals surface area contributed by atoms with Gasteiger partial charge < -0.3 is 15.5 Å². The molecule has 0 radical (unpaired) electrons. The van der Waals surface area contributed by atoms with Crippen molar-refractivity contribution in [1.29, 1.82) is 0 Å². The largest absolute Gasteiger partial charge is 0.318 e. The maximum absolute atomic E-state index is 12.4. The predicted molar refractivity (Wildman–Crippen MR) is 104 cm³/mol. The van der Waals surface area contributed by atoms with Crippen LogP contribution in [0.25, 0.3) is 0 Å². The van der Waals surface area contributed by atoms with Gasteiger partial charge in [0.2, 0.25) is 5.91 Å². The van der Waals surface area contributed by atoms with Crippen LogP contribution in [0.3, 0.4) is 0 Å². The molecule has 0 saturated heterocycles. The number of amides is 3. The molecule has 27 heavy (non-hydrogen) atoms. The van der Waals surface area contributed by atoms with Crippen molar-refractivity contribution in [2.24, 2.45) is 0 Å². The molecule has 2 aliphatic heterocycles. The Balaban J connectivity index is 1.51. The minimum Gasteiger partial charge on any atom is -0.318 e. The molecule has 0 aliphatic carbocycles. The Morgan fingerprint density at radius 3 is 2.44 bits per heavy atom. The quantitative estimate of drug-likeness (QED) is 0.806. The molecule has 2 aromatic rings. The lowest BCUT2D eigenvalue weighted by atomic mass is 9.98. The minimum atomic E-state index is -0.704. The summed E-state index contributed by atoms with van der Waals surface area (Å²) < 4.78 is 0. The Morgan fingerprint density at radius 1 is 0.963 bits per heavy atom. The summed E-state index contributed by atoms with van der Waals surface area (Å²) in [6.07, 6.45) is 1.92. The zero-order chi connectivity index (χ0) is 19.1. The van der Waals surface area contributed by atoms with Crippen molar-refractivity contribution in [3.8, 4) is 0 Å². The van der Waals surface area contributed by atoms with Gasteiger partial charge in [0.15, 0.2) is 0 Å². The third-order valence-electron chi connectivity index (χ3n) is 5.37. The summed E-state index contributed by atoms with van der Waals surface area (Å²) >= 11 is 0. The molecular formula is C21H21N3O3. The molecule has 138 valence electrons. The molecule has 0 spiro atoms. The number of benzene rings is 2. The van der Waals surface area contributed by atoms with Crippen LogP contribution in [0, 0.1) is 13.8 Å². The lowest BCUT2D eigenvalue weighted by Gasteiger charge is -2.25. The Morgan fingerprint density at radius 2 is 1.67 bits per heavy atom. The van der Waals surface area contributed by atoms with Crippen LogP contribution in [0.5, 0.6) is 0 Å². The standard InChI is InChI=1S/C21H21N3O3/c1-12-4-3-5-17(13(12)2)23-21(27)20(26)22-16-10-14-6-7-18(25)24-9-8-15(11-16)19(14)24/h3-5,10-11H,6-9H2,1-2H3,(H,22,26)(H,23,27). The van der Waals surface area contributed by atoms with Crippen LogP contribution < -0.4 is 15.5 Å². The highest BCUT2D eigenvalue weighted by atomic mass is 16.2. The van der Waals surface area contributed by atoms with Crippen LogP contribution >= 0.6 is 0 Å². The van der Waals surface area contributed by atoms with Gasteiger partial charge in [-0.1, -0.05) is 12.1 Å². The normalized spacial score (nSPS) is 14.7. The Kier molecular flexibility index (Phi) is 4.18. The second kappa shape index (κ2) is 6.54. The maximum atomic E-state index is 12.4. The number of rotatable bonds is 2. The van der Waals surface area contributed by atoms with Gasteiger partial charge in [-0.2, -0.15) is 0 Å². The molecule has 2 aromatic carbocycles. The van der Waals surface area contributed by atoms with Gasteiger partial charge >= 0.3 is 11.8 Å². The Hall–Kier alpha value is -3.15. The van der Waals surface area contributed by atoms with E-state index in [1.807, 2.05) is 43.0 Å². The van der Waals surface area contributed by atoms with Crippen molar-refractivity contribution in [3.63, 3.8) is 0 Å². The summed E-state index contributed by atoms with van der Waals surface area (Å²) in [5.74, 6) is -1.25. The van der Waals surface area contributed by atoms with Crippen molar-refractivity contribution in [3.05, 3.63) is 52.6 Å². The number of nitrogens with zero attached hydrogens (tertiary/aromatic N) is 1. The third kappa shape index (κ3) is 3.07. The van der Waals surface area contributed by atoms with Gasteiger partial charge in [0.25, 0.3) is 0 Å². The fraction of sp³-hybridized carbons (Fsp3) is 0.286. The summed E-state index contributed by atoms with van der Waals surface area (Å²) in [5.41, 5.74) is 6.30. The molecule has 0 bridgehead atoms. The zero-order valence-corrected chi connectivity index (χ0v) is 15.4. The lowest BCUT2D eigenvalue weighted by Crippen LogP contribution is -2.33. The Bertz CT molecular complexity index is 981. The van der Waals surface area contributed by atoms with Crippen molar-refractivity contribution in [1.82, 2.24) is 0 Å². The number of hydrogen-bond donors (Lipinski definition) is 2. The van der Waals surface area contributed by atoms with Crippen LogP contribution in [0.1, 0.15) is 28.7 Å². The molecule has 2 N–H and O–H groups in total. The van der Waals surface area contributed by atoms with Gasteiger partial charge in [-0.3, -0.25) is 14.4 Å². The lowest BCUT2D eigenvalue weighted by molar-refractivity contribution is -0.133. The predicted octanol–water partition coefficient (Wildman–Crippen LogP) is 2.72. The Labute approximate surface area is 157 Å². The van der Waals surface area contributed by atoms with Gasteiger partial charge in [-0.15, -0.1) is 0 Å². The van der Waals surface area contributed by atoms with Gasteiger partial charge in [0.1, 0.15) is 0 Å². The molecule has 0 atom stereocenters. The van der Waals surface area contributed by atoms with Crippen LogP contribution in [-0.2, 0) is 27.2 Å². The van der Waals surface area contributed by atoms with Crippen LogP contribution in [0.4, 0.5) is 17.1 Å². The first kappa shape index (κ1) is 17.3. The molecule has 0 aromatic heterocycles. The number of hydrogen-bond acceptors (Lipinski definition) is 3. The fourth-order valence-electron chi connectivity index (χ4n) is 3.78. The van der Waals surface area contributed by atoms with E-state index in [4.69, 9.17) is 0 Å². The van der Waals surface area contributed by atoms with Crippen molar-refractivity contribution in [2.75, 3.05) is 22.1 Å². The molecule has 0 saturated carbocycles. The number of aryl methyl sites for hydroxylation is 2. The maximum Gasteiger partial charge on any atom is 0.314 e. The topological polar surface area (TPSA) is 78.5 Å². The average Bonchev–Trinajstić information content (AvgIpc) is 3.07. The molecule has 0 fully saturated rings. The van der Waals surface area contributed by atoms with Crippen molar-refractivity contribution < 1.29 is 14.4 Å². The van der Waals surface area contributed by atoms with E-state index in [9.17, 15) is 14.4 Å². The first-order valence-electron chi connectivity index (χ1n) is 9.09. The van der Waals surface area contributed by atoms with E-state index in [1.54, 1.807) is 6.07 Å². The van der Waals surface area contributed by atoms with Crippen LogP contribution in [0.15, 0.2) is 30.3 Å². The van der Waals surface area contributed by atoms with E-state index in [0.29, 0.717) is 30.8 Å². The molecular weight excluding hydrogens is 342 g/mol. The number of carbonyl (C=O) groups is 3. The summed E-state index contributed by atoms with van der Waals surface area (Å²) in [5, 5.41) is 5.37. The second-order valence-electron chi connectivity index (χ2n) is 7.09. The summed E-state index contributed by atoms with van der Waals surface area (Å²) in [7, 11) is 0. The first-order chi connectivity index (χ1) is 12.9. The number of anilines is 3. The molecule has 4 rings (SSSR count). The highest BCUT2D eigenvalue weighted by Gasteiger charge is 2.31. The number of carbonyl (C=O) groups excluding carboxylic acids is 3. The van der Waals surface area contributed by atoms with E-state index in [-0.39, 0.29) is 5.91 Å². The van der Waals surface area contributed by atoms with Crippen LogP contribution in [0.2, 0.25) is 0 Å². The van der Waals surface area contributed by atoms with E-state index >= 15 is 0 Å². The molecule has 3 amide bonds.